The first-order valence-corrected chi connectivity index (χ1v) is 1.30. The second-order valence-electron chi connectivity index (χ2n) is 0. The molecule has 0 aliphatic rings. The third-order valence-corrected chi connectivity index (χ3v) is 0. The SMILES string of the molecule is [C]#N.[C]#N.[C]#N.[C]#N.[C]#N.[Fe].[N]=O.[Na+].[Na+]. The van der Waals surface area contributed by atoms with E-state index in [4.69, 9.17) is 69.7 Å². The molecule has 0 aliphatic heterocycles. The first-order chi connectivity index (χ1) is 6.00. The number of hydrogen-bond acceptors (Lipinski definition) is 6. The van der Waals surface area contributed by atoms with Crippen molar-refractivity contribution in [1.82, 2.24) is 5.59 Å². The predicted molar refractivity (Wildman–Crippen MR) is 30.3 cm³/mol. The molecule has 0 aliphatic carbocycles. The van der Waals surface area contributed by atoms with Crippen molar-refractivity contribution < 1.29 is 76.2 Å². The summed E-state index contributed by atoms with van der Waals surface area (Å²) in [5.41, 5.74) is 5.75. The Morgan fingerprint density at radius 2 is 0.467 bits per heavy atom. The van der Waals surface area contributed by atoms with Crippen molar-refractivity contribution >= 4 is 0 Å². The maximum absolute atomic E-state index is 7.25. The van der Waals surface area contributed by atoms with Crippen LogP contribution in [0.1, 0.15) is 0 Å². The van der Waals surface area contributed by atoms with Crippen LogP contribution >= 0.6 is 0 Å². The van der Waals surface area contributed by atoms with Gasteiger partial charge in [-0.05, 0) is 0 Å². The summed E-state index contributed by atoms with van der Waals surface area (Å²) in [5.74, 6) is 0. The van der Waals surface area contributed by atoms with Crippen LogP contribution in [0.15, 0.2) is 0 Å². The Hall–Kier alpha value is -0.431. The van der Waals surface area contributed by atoms with Crippen LogP contribution < -0.4 is 64.7 Å². The van der Waals surface area contributed by atoms with Crippen LogP contribution in [0, 0.1) is 64.1 Å². The van der Waals surface area contributed by atoms with E-state index in [0.717, 1.165) is 0 Å². The molecule has 0 saturated heterocycles. The van der Waals surface area contributed by atoms with Crippen LogP contribution in [-0.2, 0) is 17.1 Å². The third kappa shape index (κ3) is 9800. The van der Waals surface area contributed by atoms with Crippen molar-refractivity contribution in [1.29, 1.82) is 26.3 Å². The second kappa shape index (κ2) is 11600. The van der Waals surface area contributed by atoms with E-state index in [9.17, 15) is 0 Å². The van der Waals surface area contributed by atoms with Crippen LogP contribution in [0.3, 0.4) is 0 Å². The van der Waals surface area contributed by atoms with Gasteiger partial charge in [0.05, 0.1) is 0 Å². The molecule has 64 valence electrons. The second-order valence-corrected chi connectivity index (χ2v) is 0. The normalized spacial score (nSPS) is 0.933. The van der Waals surface area contributed by atoms with Gasteiger partial charge in [-0.1, -0.05) is 0 Å². The standard InChI is InChI=1S/5CN.Fe.NO.2Na/c5*1-2;;1-2;;/q;;;;;;;2*+1. The van der Waals surface area contributed by atoms with Crippen molar-refractivity contribution in [3.05, 3.63) is 37.8 Å². The van der Waals surface area contributed by atoms with E-state index < -0.39 is 0 Å². The quantitative estimate of drug-likeness (QED) is 0.395. The summed E-state index contributed by atoms with van der Waals surface area (Å²) in [6.07, 6.45) is 0. The van der Waals surface area contributed by atoms with Gasteiger partial charge in [0.25, 0.3) is 0 Å². The Kier molecular flexibility index (Phi) is 66700. The summed E-state index contributed by atoms with van der Waals surface area (Å²) < 4.78 is 0. The number of hydrogen-bond donors (Lipinski definition) is 0. The fourth-order valence-electron chi connectivity index (χ4n) is 0. The van der Waals surface area contributed by atoms with E-state index >= 15 is 0 Å². The molecule has 0 aromatic heterocycles. The number of nitroso groups, excluding NO2 is 1. The smallest absolute Gasteiger partial charge is 0.181 e. The van der Waals surface area contributed by atoms with Gasteiger partial charge in [-0.25, -0.2) is 0 Å². The molecule has 10 heteroatoms. The molecule has 0 amide bonds. The van der Waals surface area contributed by atoms with E-state index in [2.05, 4.69) is 0 Å². The minimum absolute atomic E-state index is 0. The summed E-state index contributed by atoms with van der Waals surface area (Å²) in [6.45, 7) is 23.8. The molecule has 0 fully saturated rings. The topological polar surface area (TPSA) is 158 Å². The van der Waals surface area contributed by atoms with E-state index in [1.807, 2.05) is 0 Å². The average Bonchev–Trinajstić information content (AvgIpc) is 2.33. The maximum Gasteiger partial charge on any atom is 1.00 e. The maximum atomic E-state index is 7.25. The zero-order chi connectivity index (χ0) is 12.0. The van der Waals surface area contributed by atoms with Gasteiger partial charge >= 0.3 is 59.1 Å². The Bertz CT molecular complexity index is 98.9. The Balaban J connectivity index is -0.00000000396. The molecule has 0 bridgehead atoms. The van der Waals surface area contributed by atoms with Gasteiger partial charge in [0, 0.05) is 17.1 Å². The molecule has 6 radical (unpaired) electrons. The zero-order valence-electron chi connectivity index (χ0n) is 7.95. The Morgan fingerprint density at radius 1 is 0.467 bits per heavy atom. The summed E-state index contributed by atoms with van der Waals surface area (Å²) in [6, 6.07) is 0. The fraction of sp³-hybridized carbons (Fsp3) is 0. The van der Waals surface area contributed by atoms with Gasteiger partial charge < -0.3 is 0 Å². The molecule has 15 heavy (non-hydrogen) atoms. The van der Waals surface area contributed by atoms with E-state index in [1.54, 1.807) is 0 Å². The molecule has 0 aromatic carbocycles. The van der Waals surface area contributed by atoms with Crippen molar-refractivity contribution in [2.75, 3.05) is 0 Å². The molecule has 0 unspecified atom stereocenters. The number of nitrogens with zero attached hydrogens (tertiary/aromatic N) is 6. The molecule has 0 saturated carbocycles. The van der Waals surface area contributed by atoms with Crippen LogP contribution in [0.4, 0.5) is 0 Å². The van der Waals surface area contributed by atoms with Gasteiger partial charge in [0.15, 0.2) is 32.9 Å². The molecule has 0 rings (SSSR count). The molecular weight excluding hydrogens is 262 g/mol. The largest absolute Gasteiger partial charge is 1.00 e. The fourth-order valence-corrected chi connectivity index (χ4v) is 0. The van der Waals surface area contributed by atoms with Gasteiger partial charge in [-0.15, -0.1) is 4.91 Å². The Labute approximate surface area is 144 Å². The molecule has 0 heterocycles. The van der Waals surface area contributed by atoms with Gasteiger partial charge in [-0.3, -0.25) is 0 Å². The molecule has 0 atom stereocenters. The van der Waals surface area contributed by atoms with E-state index in [0.29, 0.717) is 0 Å². The summed E-state index contributed by atoms with van der Waals surface area (Å²) in [4.78, 5) is 7.25. The minimum Gasteiger partial charge on any atom is -0.181 e. The molecule has 0 aromatic rings. The summed E-state index contributed by atoms with van der Waals surface area (Å²) in [7, 11) is 0. The molecule has 0 N–H and O–H groups in total. The van der Waals surface area contributed by atoms with Crippen molar-refractivity contribution in [3.63, 3.8) is 0 Å². The van der Waals surface area contributed by atoms with Gasteiger partial charge in [-0.2, -0.15) is 26.3 Å². The van der Waals surface area contributed by atoms with Crippen LogP contribution in [-0.4, -0.2) is 0 Å². The van der Waals surface area contributed by atoms with Crippen molar-refractivity contribution in [2.24, 2.45) is 0 Å². The first-order valence-electron chi connectivity index (χ1n) is 1.30. The van der Waals surface area contributed by atoms with E-state index in [1.165, 1.54) is 0 Å². The first kappa shape index (κ1) is 86.5. The van der Waals surface area contributed by atoms with Gasteiger partial charge in [0.1, 0.15) is 5.59 Å². The van der Waals surface area contributed by atoms with Crippen LogP contribution in [0.25, 0.3) is 0 Å². The summed E-state index contributed by atoms with van der Waals surface area (Å²) in [5, 5.41) is 31.2. The monoisotopic (exact) mass is 262 g/mol. The third-order valence-electron chi connectivity index (χ3n) is 0. The van der Waals surface area contributed by atoms with Crippen molar-refractivity contribution in [2.45, 2.75) is 0 Å². The zero-order valence-corrected chi connectivity index (χ0v) is 13.0. The molecule has 7 nitrogen and oxygen atoms in total. The van der Waals surface area contributed by atoms with Gasteiger partial charge in [0.2, 0.25) is 0 Å². The molecular formula is C5FeN6Na2O+2. The van der Waals surface area contributed by atoms with Crippen LogP contribution in [0.2, 0.25) is 0 Å². The number of rotatable bonds is 0. The van der Waals surface area contributed by atoms with Crippen molar-refractivity contribution in [3.8, 4) is 0 Å². The van der Waals surface area contributed by atoms with Crippen LogP contribution in [0.5, 0.6) is 0 Å². The Morgan fingerprint density at radius 3 is 0.467 bits per heavy atom. The predicted octanol–water partition coefficient (Wildman–Crippen LogP) is -5.96. The van der Waals surface area contributed by atoms with E-state index in [-0.39, 0.29) is 76.2 Å². The average molecular weight is 262 g/mol. The molecule has 0 spiro atoms. The minimum atomic E-state index is 0. The summed E-state index contributed by atoms with van der Waals surface area (Å²) >= 11 is 0.